The van der Waals surface area contributed by atoms with Gasteiger partial charge in [-0.05, 0) is 28.7 Å². The second kappa shape index (κ2) is 4.45. The molecule has 8 heteroatoms. The highest BCUT2D eigenvalue weighted by Crippen LogP contribution is 2.32. The quantitative estimate of drug-likeness (QED) is 0.467. The average Bonchev–Trinajstić information content (AvgIpc) is 2.05. The molecule has 0 aliphatic heterocycles. The van der Waals surface area contributed by atoms with E-state index in [1.807, 2.05) is 0 Å². The van der Waals surface area contributed by atoms with Crippen LogP contribution in [0, 0.1) is 3.70 Å². The summed E-state index contributed by atoms with van der Waals surface area (Å²) in [5.41, 5.74) is -0.827. The van der Waals surface area contributed by atoms with E-state index in [1.165, 1.54) is 0 Å². The summed E-state index contributed by atoms with van der Waals surface area (Å²) in [6.45, 7) is 0. The summed E-state index contributed by atoms with van der Waals surface area (Å²) in [6, 6.07) is 0.840. The van der Waals surface area contributed by atoms with E-state index >= 15 is 0 Å². The number of hydrogen-bond acceptors (Lipinski definition) is 2. The standard InChI is InChI=1S/C7H3F5INO/c8-6(9)3-1-5(13)14-2-4(3)15-7(10,11)12/h1-2,6H. The molecule has 0 aliphatic carbocycles. The smallest absolute Gasteiger partial charge is 0.404 e. The number of aromatic nitrogens is 1. The van der Waals surface area contributed by atoms with E-state index in [0.717, 1.165) is 6.07 Å². The van der Waals surface area contributed by atoms with Crippen molar-refractivity contribution in [3.05, 3.63) is 21.5 Å². The number of rotatable bonds is 2. The lowest BCUT2D eigenvalue weighted by Crippen LogP contribution is -2.18. The van der Waals surface area contributed by atoms with Gasteiger partial charge in [0.15, 0.2) is 5.75 Å². The Morgan fingerprint density at radius 1 is 1.33 bits per heavy atom. The minimum Gasteiger partial charge on any atom is -0.404 e. The zero-order chi connectivity index (χ0) is 11.6. The summed E-state index contributed by atoms with van der Waals surface area (Å²) in [7, 11) is 0. The Morgan fingerprint density at radius 3 is 2.40 bits per heavy atom. The van der Waals surface area contributed by atoms with Gasteiger partial charge in [0.2, 0.25) is 0 Å². The molecule has 0 bridgehead atoms. The van der Waals surface area contributed by atoms with Crippen LogP contribution in [-0.4, -0.2) is 11.3 Å². The van der Waals surface area contributed by atoms with E-state index in [9.17, 15) is 22.0 Å². The van der Waals surface area contributed by atoms with E-state index < -0.39 is 24.1 Å². The molecule has 0 amide bonds. The molecule has 1 aromatic rings. The van der Waals surface area contributed by atoms with Crippen LogP contribution in [-0.2, 0) is 0 Å². The summed E-state index contributed by atoms with van der Waals surface area (Å²) in [6.07, 6.45) is -7.42. The zero-order valence-corrected chi connectivity index (χ0v) is 9.01. The van der Waals surface area contributed by atoms with Crippen LogP contribution in [0.4, 0.5) is 22.0 Å². The first-order chi connectivity index (χ1) is 6.79. The van der Waals surface area contributed by atoms with Crippen LogP contribution >= 0.6 is 22.6 Å². The van der Waals surface area contributed by atoms with Crippen molar-refractivity contribution in [3.63, 3.8) is 0 Å². The Labute approximate surface area is 94.6 Å². The summed E-state index contributed by atoms with van der Waals surface area (Å²) >= 11 is 1.61. The predicted molar refractivity (Wildman–Crippen MR) is 48.6 cm³/mol. The SMILES string of the molecule is FC(F)c1cc(I)ncc1OC(F)(F)F. The molecule has 0 aliphatic rings. The summed E-state index contributed by atoms with van der Waals surface area (Å²) in [5.74, 6) is -0.974. The van der Waals surface area contributed by atoms with Gasteiger partial charge in [-0.25, -0.2) is 13.8 Å². The van der Waals surface area contributed by atoms with Crippen LogP contribution in [0.15, 0.2) is 12.3 Å². The molecule has 0 unspecified atom stereocenters. The van der Waals surface area contributed by atoms with Crippen molar-refractivity contribution in [1.82, 2.24) is 4.98 Å². The summed E-state index contributed by atoms with van der Waals surface area (Å²) in [4.78, 5) is 3.43. The molecular formula is C7H3F5INO. The highest BCUT2D eigenvalue weighted by atomic mass is 127. The first-order valence-electron chi connectivity index (χ1n) is 3.49. The molecule has 1 aromatic heterocycles. The van der Waals surface area contributed by atoms with Crippen molar-refractivity contribution in [2.24, 2.45) is 0 Å². The van der Waals surface area contributed by atoms with Crippen molar-refractivity contribution in [1.29, 1.82) is 0 Å². The van der Waals surface area contributed by atoms with Crippen LogP contribution in [0.5, 0.6) is 5.75 Å². The van der Waals surface area contributed by atoms with Gasteiger partial charge in [-0.3, -0.25) is 0 Å². The Balaban J connectivity index is 3.06. The van der Waals surface area contributed by atoms with E-state index in [0.29, 0.717) is 6.20 Å². The molecule has 0 aromatic carbocycles. The Morgan fingerprint density at radius 2 is 1.93 bits per heavy atom. The normalized spacial score (nSPS) is 11.9. The molecule has 1 rings (SSSR count). The van der Waals surface area contributed by atoms with Crippen LogP contribution < -0.4 is 4.74 Å². The topological polar surface area (TPSA) is 22.1 Å². The highest BCUT2D eigenvalue weighted by Gasteiger charge is 2.33. The molecule has 2 nitrogen and oxygen atoms in total. The van der Waals surface area contributed by atoms with Gasteiger partial charge in [0, 0.05) is 0 Å². The van der Waals surface area contributed by atoms with Gasteiger partial charge < -0.3 is 4.74 Å². The van der Waals surface area contributed by atoms with E-state index in [-0.39, 0.29) is 3.70 Å². The zero-order valence-electron chi connectivity index (χ0n) is 6.86. The van der Waals surface area contributed by atoms with Gasteiger partial charge in [0.1, 0.15) is 3.70 Å². The fourth-order valence-electron chi connectivity index (χ4n) is 0.812. The third kappa shape index (κ3) is 3.76. The van der Waals surface area contributed by atoms with E-state index in [4.69, 9.17) is 0 Å². The monoisotopic (exact) mass is 339 g/mol. The van der Waals surface area contributed by atoms with E-state index in [2.05, 4.69) is 9.72 Å². The van der Waals surface area contributed by atoms with Crippen molar-refractivity contribution >= 4 is 22.6 Å². The first kappa shape index (κ1) is 12.4. The van der Waals surface area contributed by atoms with Crippen molar-refractivity contribution in [2.45, 2.75) is 12.8 Å². The van der Waals surface area contributed by atoms with Gasteiger partial charge in [-0.2, -0.15) is 0 Å². The average molecular weight is 339 g/mol. The lowest BCUT2D eigenvalue weighted by atomic mass is 10.2. The van der Waals surface area contributed by atoms with Crippen molar-refractivity contribution in [3.8, 4) is 5.75 Å². The molecule has 0 atom stereocenters. The molecule has 0 N–H and O–H groups in total. The van der Waals surface area contributed by atoms with Crippen LogP contribution in [0.2, 0.25) is 0 Å². The highest BCUT2D eigenvalue weighted by molar-refractivity contribution is 14.1. The number of nitrogens with zero attached hydrogens (tertiary/aromatic N) is 1. The molecule has 0 fully saturated rings. The maximum atomic E-state index is 12.3. The lowest BCUT2D eigenvalue weighted by Gasteiger charge is -2.12. The largest absolute Gasteiger partial charge is 0.573 e. The Kier molecular flexibility index (Phi) is 3.68. The van der Waals surface area contributed by atoms with Crippen LogP contribution in [0.25, 0.3) is 0 Å². The number of ether oxygens (including phenoxy) is 1. The first-order valence-corrected chi connectivity index (χ1v) is 4.57. The number of halogens is 6. The van der Waals surface area contributed by atoms with Crippen LogP contribution in [0.1, 0.15) is 12.0 Å². The van der Waals surface area contributed by atoms with Gasteiger partial charge in [-0.1, -0.05) is 0 Å². The lowest BCUT2D eigenvalue weighted by molar-refractivity contribution is -0.275. The number of alkyl halides is 5. The van der Waals surface area contributed by atoms with Gasteiger partial charge >= 0.3 is 6.36 Å². The third-order valence-corrected chi connectivity index (χ3v) is 1.91. The molecule has 1 heterocycles. The van der Waals surface area contributed by atoms with Gasteiger partial charge in [0.25, 0.3) is 6.43 Å². The third-order valence-electron chi connectivity index (χ3n) is 1.33. The second-order valence-electron chi connectivity index (χ2n) is 2.39. The van der Waals surface area contributed by atoms with Gasteiger partial charge in [-0.15, -0.1) is 13.2 Å². The van der Waals surface area contributed by atoms with Crippen molar-refractivity contribution in [2.75, 3.05) is 0 Å². The minimum atomic E-state index is -5.00. The Hall–Kier alpha value is -0.670. The number of pyridine rings is 1. The molecule has 0 saturated heterocycles. The predicted octanol–water partition coefficient (Wildman–Crippen LogP) is 3.52. The summed E-state index contributed by atoms with van der Waals surface area (Å²) in [5, 5.41) is 0. The Bertz CT molecular complexity index is 354. The van der Waals surface area contributed by atoms with Gasteiger partial charge in [0.05, 0.1) is 11.8 Å². The molecule has 0 saturated carbocycles. The molecular weight excluding hydrogens is 336 g/mol. The van der Waals surface area contributed by atoms with Crippen molar-refractivity contribution < 1.29 is 26.7 Å². The molecule has 0 radical (unpaired) electrons. The van der Waals surface area contributed by atoms with E-state index in [1.54, 1.807) is 22.6 Å². The molecule has 15 heavy (non-hydrogen) atoms. The van der Waals surface area contributed by atoms with Crippen LogP contribution in [0.3, 0.4) is 0 Å². The number of hydrogen-bond donors (Lipinski definition) is 0. The molecule has 84 valence electrons. The summed E-state index contributed by atoms with van der Waals surface area (Å²) < 4.78 is 63.5. The fourth-order valence-corrected chi connectivity index (χ4v) is 1.29. The second-order valence-corrected chi connectivity index (χ2v) is 3.50. The minimum absolute atomic E-state index is 0.164. The maximum absolute atomic E-state index is 12.3. The molecule has 0 spiro atoms. The maximum Gasteiger partial charge on any atom is 0.573 e. The fraction of sp³-hybridized carbons (Fsp3) is 0.286.